The average Bonchev–Trinajstić information content (AvgIpc) is 3.11. The Labute approximate surface area is 159 Å². The standard InChI is InChI=1S/C17H16ClN5O2S/c1-11-9-12(18)3-8-15(11)19-16(24)10-26-17-20-21-22-23(17)13-4-6-14(25-2)7-5-13/h3-9H,10H2,1-2H3,(H,19,24). The molecule has 0 radical (unpaired) electrons. The minimum Gasteiger partial charge on any atom is -0.497 e. The Morgan fingerprint density at radius 1 is 1.27 bits per heavy atom. The van der Waals surface area contributed by atoms with Gasteiger partial charge in [-0.05, 0) is 65.4 Å². The summed E-state index contributed by atoms with van der Waals surface area (Å²) < 4.78 is 6.72. The number of nitrogens with one attached hydrogen (secondary N) is 1. The summed E-state index contributed by atoms with van der Waals surface area (Å²) in [5.41, 5.74) is 2.42. The molecule has 1 amide bonds. The molecule has 0 saturated carbocycles. The SMILES string of the molecule is COc1ccc(-n2nnnc2SCC(=O)Nc2ccc(Cl)cc2C)cc1. The van der Waals surface area contributed by atoms with Crippen LogP contribution in [0.1, 0.15) is 5.56 Å². The first-order valence-electron chi connectivity index (χ1n) is 7.68. The molecule has 0 aliphatic carbocycles. The van der Waals surface area contributed by atoms with Gasteiger partial charge < -0.3 is 10.1 Å². The fourth-order valence-electron chi connectivity index (χ4n) is 2.24. The largest absolute Gasteiger partial charge is 0.497 e. The van der Waals surface area contributed by atoms with Crippen LogP contribution in [-0.4, -0.2) is 39.0 Å². The Bertz CT molecular complexity index is 914. The number of aromatic nitrogens is 4. The molecule has 7 nitrogen and oxygen atoms in total. The minimum absolute atomic E-state index is 0.148. The zero-order valence-corrected chi connectivity index (χ0v) is 15.7. The third-order valence-corrected chi connectivity index (χ3v) is 4.71. The summed E-state index contributed by atoms with van der Waals surface area (Å²) in [7, 11) is 1.61. The van der Waals surface area contributed by atoms with Crippen molar-refractivity contribution in [3.8, 4) is 11.4 Å². The van der Waals surface area contributed by atoms with Crippen molar-refractivity contribution >= 4 is 35.0 Å². The highest BCUT2D eigenvalue weighted by atomic mass is 35.5. The van der Waals surface area contributed by atoms with Gasteiger partial charge in [0.05, 0.1) is 18.6 Å². The van der Waals surface area contributed by atoms with Gasteiger partial charge in [-0.25, -0.2) is 0 Å². The predicted molar refractivity (Wildman–Crippen MR) is 101 cm³/mol. The van der Waals surface area contributed by atoms with E-state index in [1.807, 2.05) is 31.2 Å². The van der Waals surface area contributed by atoms with Crippen LogP contribution in [0.15, 0.2) is 47.6 Å². The summed E-state index contributed by atoms with van der Waals surface area (Å²) in [5, 5.41) is 15.7. The lowest BCUT2D eigenvalue weighted by atomic mass is 10.2. The molecule has 3 aromatic rings. The molecule has 0 aliphatic heterocycles. The number of halogens is 1. The average molecular weight is 390 g/mol. The van der Waals surface area contributed by atoms with E-state index in [0.29, 0.717) is 10.2 Å². The zero-order chi connectivity index (χ0) is 18.5. The van der Waals surface area contributed by atoms with Crippen molar-refractivity contribution in [1.29, 1.82) is 0 Å². The number of carbonyl (C=O) groups excluding carboxylic acids is 1. The Hall–Kier alpha value is -2.58. The van der Waals surface area contributed by atoms with E-state index in [2.05, 4.69) is 20.8 Å². The molecule has 26 heavy (non-hydrogen) atoms. The van der Waals surface area contributed by atoms with Crippen molar-refractivity contribution in [2.24, 2.45) is 0 Å². The Morgan fingerprint density at radius 3 is 2.73 bits per heavy atom. The number of hydrogen-bond donors (Lipinski definition) is 1. The predicted octanol–water partition coefficient (Wildman–Crippen LogP) is 3.36. The van der Waals surface area contributed by atoms with Gasteiger partial charge in [-0.3, -0.25) is 4.79 Å². The number of aryl methyl sites for hydroxylation is 1. The second-order valence-corrected chi connectivity index (χ2v) is 6.75. The molecular formula is C17H16ClN5O2S. The number of carbonyl (C=O) groups is 1. The number of hydrogen-bond acceptors (Lipinski definition) is 6. The summed E-state index contributed by atoms with van der Waals surface area (Å²) >= 11 is 7.18. The van der Waals surface area contributed by atoms with Gasteiger partial charge in [0.15, 0.2) is 0 Å². The van der Waals surface area contributed by atoms with Crippen molar-refractivity contribution < 1.29 is 9.53 Å². The fourth-order valence-corrected chi connectivity index (χ4v) is 3.16. The van der Waals surface area contributed by atoms with Crippen LogP contribution in [0.2, 0.25) is 5.02 Å². The van der Waals surface area contributed by atoms with Gasteiger partial charge in [0.1, 0.15) is 5.75 Å². The number of anilines is 1. The molecule has 2 aromatic carbocycles. The summed E-state index contributed by atoms with van der Waals surface area (Å²) in [6.45, 7) is 1.89. The van der Waals surface area contributed by atoms with E-state index < -0.39 is 0 Å². The van der Waals surface area contributed by atoms with Gasteiger partial charge in [0.25, 0.3) is 0 Å². The fraction of sp³-hybridized carbons (Fsp3) is 0.176. The van der Waals surface area contributed by atoms with Crippen LogP contribution in [0.5, 0.6) is 5.75 Å². The molecule has 0 unspecified atom stereocenters. The molecule has 0 aliphatic rings. The molecule has 0 bridgehead atoms. The third kappa shape index (κ3) is 4.33. The lowest BCUT2D eigenvalue weighted by Gasteiger charge is -2.09. The Kier molecular flexibility index (Phi) is 5.75. The quantitative estimate of drug-likeness (QED) is 0.651. The normalized spacial score (nSPS) is 10.6. The molecule has 1 aromatic heterocycles. The second-order valence-electron chi connectivity index (χ2n) is 5.37. The van der Waals surface area contributed by atoms with Crippen LogP contribution in [0, 0.1) is 6.92 Å². The maximum absolute atomic E-state index is 12.2. The summed E-state index contributed by atoms with van der Waals surface area (Å²) in [6, 6.07) is 12.6. The second kappa shape index (κ2) is 8.20. The molecule has 9 heteroatoms. The van der Waals surface area contributed by atoms with Gasteiger partial charge in [-0.15, -0.1) is 5.10 Å². The van der Waals surface area contributed by atoms with E-state index in [1.54, 1.807) is 30.0 Å². The maximum atomic E-state index is 12.2. The lowest BCUT2D eigenvalue weighted by Crippen LogP contribution is -2.15. The van der Waals surface area contributed by atoms with Crippen LogP contribution in [0.25, 0.3) is 5.69 Å². The van der Waals surface area contributed by atoms with Gasteiger partial charge in [-0.1, -0.05) is 23.4 Å². The van der Waals surface area contributed by atoms with Crippen molar-refractivity contribution in [2.45, 2.75) is 12.1 Å². The monoisotopic (exact) mass is 389 g/mol. The van der Waals surface area contributed by atoms with Crippen LogP contribution in [0.4, 0.5) is 5.69 Å². The highest BCUT2D eigenvalue weighted by Crippen LogP contribution is 2.22. The van der Waals surface area contributed by atoms with Crippen LogP contribution in [-0.2, 0) is 4.79 Å². The number of ether oxygens (including phenoxy) is 1. The molecule has 134 valence electrons. The first-order valence-corrected chi connectivity index (χ1v) is 9.05. The van der Waals surface area contributed by atoms with Crippen molar-refractivity contribution in [1.82, 2.24) is 20.2 Å². The van der Waals surface area contributed by atoms with Crippen LogP contribution >= 0.6 is 23.4 Å². The molecule has 0 saturated heterocycles. The number of benzene rings is 2. The van der Waals surface area contributed by atoms with E-state index in [1.165, 1.54) is 11.8 Å². The van der Waals surface area contributed by atoms with E-state index in [4.69, 9.17) is 16.3 Å². The van der Waals surface area contributed by atoms with Gasteiger partial charge in [0, 0.05) is 10.7 Å². The molecule has 0 spiro atoms. The smallest absolute Gasteiger partial charge is 0.234 e. The van der Waals surface area contributed by atoms with E-state index in [0.717, 1.165) is 22.7 Å². The van der Waals surface area contributed by atoms with Gasteiger partial charge in [0.2, 0.25) is 11.1 Å². The Balaban J connectivity index is 1.64. The number of amides is 1. The van der Waals surface area contributed by atoms with Crippen molar-refractivity contribution in [3.63, 3.8) is 0 Å². The number of nitrogens with zero attached hydrogens (tertiary/aromatic N) is 4. The van der Waals surface area contributed by atoms with Crippen molar-refractivity contribution in [3.05, 3.63) is 53.1 Å². The number of methoxy groups -OCH3 is 1. The summed E-state index contributed by atoms with van der Waals surface area (Å²) in [6.07, 6.45) is 0. The van der Waals surface area contributed by atoms with E-state index >= 15 is 0 Å². The number of thioether (sulfide) groups is 1. The van der Waals surface area contributed by atoms with Crippen LogP contribution < -0.4 is 10.1 Å². The molecule has 1 heterocycles. The first kappa shape index (κ1) is 18.2. The lowest BCUT2D eigenvalue weighted by molar-refractivity contribution is -0.113. The molecule has 0 atom stereocenters. The third-order valence-electron chi connectivity index (χ3n) is 3.55. The molecule has 0 fully saturated rings. The minimum atomic E-state index is -0.148. The number of tetrazole rings is 1. The first-order chi connectivity index (χ1) is 12.6. The topological polar surface area (TPSA) is 81.9 Å². The zero-order valence-electron chi connectivity index (χ0n) is 14.1. The highest BCUT2D eigenvalue weighted by molar-refractivity contribution is 7.99. The maximum Gasteiger partial charge on any atom is 0.234 e. The summed E-state index contributed by atoms with van der Waals surface area (Å²) in [5.74, 6) is 0.775. The van der Waals surface area contributed by atoms with Crippen molar-refractivity contribution in [2.75, 3.05) is 18.2 Å². The molecular weight excluding hydrogens is 374 g/mol. The van der Waals surface area contributed by atoms with Gasteiger partial charge >= 0.3 is 0 Å². The van der Waals surface area contributed by atoms with E-state index in [-0.39, 0.29) is 11.7 Å². The van der Waals surface area contributed by atoms with E-state index in [9.17, 15) is 4.79 Å². The number of rotatable bonds is 6. The summed E-state index contributed by atoms with van der Waals surface area (Å²) in [4.78, 5) is 12.2. The molecule has 3 rings (SSSR count). The van der Waals surface area contributed by atoms with Crippen LogP contribution in [0.3, 0.4) is 0 Å². The molecule has 1 N–H and O–H groups in total. The van der Waals surface area contributed by atoms with Gasteiger partial charge in [-0.2, -0.15) is 4.68 Å². The Morgan fingerprint density at radius 2 is 2.04 bits per heavy atom. The highest BCUT2D eigenvalue weighted by Gasteiger charge is 2.12.